The number of aryl methyl sites for hydroxylation is 1. The first-order valence-corrected chi connectivity index (χ1v) is 8.40. The maximum atomic E-state index is 6.57. The smallest absolute Gasteiger partial charge is 0.0483 e. The number of hydrogen-bond acceptors (Lipinski definition) is 1. The highest BCUT2D eigenvalue weighted by Gasteiger charge is 2.31. The Morgan fingerprint density at radius 2 is 2.00 bits per heavy atom. The monoisotopic (exact) mass is 293 g/mol. The fourth-order valence-corrected chi connectivity index (χ4v) is 3.80. The summed E-state index contributed by atoms with van der Waals surface area (Å²) in [7, 11) is 0. The molecule has 0 spiro atoms. The van der Waals surface area contributed by atoms with Crippen LogP contribution >= 0.6 is 11.6 Å². The molecule has 0 aliphatic heterocycles. The zero-order valence-electron chi connectivity index (χ0n) is 13.2. The van der Waals surface area contributed by atoms with E-state index in [1.165, 1.54) is 30.4 Å². The number of benzene rings is 1. The molecule has 1 N–H and O–H groups in total. The van der Waals surface area contributed by atoms with Crippen LogP contribution in [0.1, 0.15) is 57.2 Å². The normalized spacial score (nSPS) is 28.4. The van der Waals surface area contributed by atoms with Gasteiger partial charge in [0, 0.05) is 11.1 Å². The van der Waals surface area contributed by atoms with E-state index in [2.05, 4.69) is 51.2 Å². The zero-order chi connectivity index (χ0) is 14.7. The molecule has 1 saturated carbocycles. The molecule has 1 nitrogen and oxygen atoms in total. The van der Waals surface area contributed by atoms with Crippen molar-refractivity contribution in [1.29, 1.82) is 0 Å². The summed E-state index contributed by atoms with van der Waals surface area (Å²) in [6.07, 6.45) is 3.97. The van der Waals surface area contributed by atoms with Crippen LogP contribution in [0.25, 0.3) is 0 Å². The molecule has 4 unspecified atom stereocenters. The summed E-state index contributed by atoms with van der Waals surface area (Å²) in [4.78, 5) is 0. The molecule has 2 heteroatoms. The summed E-state index contributed by atoms with van der Waals surface area (Å²) in [5.41, 5.74) is 2.48. The van der Waals surface area contributed by atoms with E-state index in [4.69, 9.17) is 11.6 Å². The second-order valence-corrected chi connectivity index (χ2v) is 6.92. The summed E-state index contributed by atoms with van der Waals surface area (Å²) in [6, 6.07) is 6.84. The van der Waals surface area contributed by atoms with Gasteiger partial charge in [-0.1, -0.05) is 57.0 Å². The molecule has 0 aromatic heterocycles. The Morgan fingerprint density at radius 1 is 1.25 bits per heavy atom. The molecule has 1 aliphatic carbocycles. The molecule has 4 atom stereocenters. The largest absolute Gasteiger partial charge is 0.310 e. The Morgan fingerprint density at radius 3 is 2.65 bits per heavy atom. The molecular weight excluding hydrogens is 266 g/mol. The first-order valence-electron chi connectivity index (χ1n) is 8.03. The van der Waals surface area contributed by atoms with Crippen molar-refractivity contribution in [2.24, 2.45) is 17.8 Å². The Balaban J connectivity index is 2.24. The minimum Gasteiger partial charge on any atom is -0.310 e. The quantitative estimate of drug-likeness (QED) is 0.787. The van der Waals surface area contributed by atoms with Gasteiger partial charge in [0.2, 0.25) is 0 Å². The van der Waals surface area contributed by atoms with Crippen LogP contribution in [0, 0.1) is 24.7 Å². The van der Waals surface area contributed by atoms with Crippen molar-refractivity contribution >= 4 is 11.6 Å². The Bertz CT molecular complexity index is 443. The van der Waals surface area contributed by atoms with E-state index in [1.54, 1.807) is 0 Å². The highest BCUT2D eigenvalue weighted by molar-refractivity contribution is 6.32. The summed E-state index contributed by atoms with van der Waals surface area (Å²) < 4.78 is 0. The molecule has 1 aromatic rings. The number of halogens is 1. The molecule has 0 radical (unpaired) electrons. The van der Waals surface area contributed by atoms with E-state index in [-0.39, 0.29) is 0 Å². The minimum absolute atomic E-state index is 0.405. The van der Waals surface area contributed by atoms with Gasteiger partial charge < -0.3 is 5.32 Å². The lowest BCUT2D eigenvalue weighted by Crippen LogP contribution is -2.33. The van der Waals surface area contributed by atoms with E-state index in [0.29, 0.717) is 12.0 Å². The van der Waals surface area contributed by atoms with Crippen molar-refractivity contribution in [3.63, 3.8) is 0 Å². The van der Waals surface area contributed by atoms with E-state index in [1.807, 2.05) is 0 Å². The first kappa shape index (κ1) is 15.9. The van der Waals surface area contributed by atoms with Crippen molar-refractivity contribution in [2.75, 3.05) is 6.54 Å². The Labute approximate surface area is 129 Å². The molecule has 0 amide bonds. The summed E-state index contributed by atoms with van der Waals surface area (Å²) in [6.45, 7) is 10.1. The molecular formula is C18H28ClN. The predicted octanol–water partition coefficient (Wildman–Crippen LogP) is 5.37. The number of nitrogens with one attached hydrogen (secondary N) is 1. The average Bonchev–Trinajstić information content (AvgIpc) is 2.43. The maximum absolute atomic E-state index is 6.57. The number of hydrogen-bond donors (Lipinski definition) is 1. The molecule has 1 aliphatic rings. The van der Waals surface area contributed by atoms with Gasteiger partial charge in [-0.05, 0) is 55.2 Å². The van der Waals surface area contributed by atoms with Crippen LogP contribution in [0.3, 0.4) is 0 Å². The topological polar surface area (TPSA) is 12.0 Å². The third kappa shape index (κ3) is 3.38. The van der Waals surface area contributed by atoms with Crippen molar-refractivity contribution < 1.29 is 0 Å². The second-order valence-electron chi connectivity index (χ2n) is 6.54. The predicted molar refractivity (Wildman–Crippen MR) is 88.3 cm³/mol. The summed E-state index contributed by atoms with van der Waals surface area (Å²) in [5.74, 6) is 2.39. The maximum Gasteiger partial charge on any atom is 0.0483 e. The van der Waals surface area contributed by atoms with Gasteiger partial charge in [-0.3, -0.25) is 0 Å². The van der Waals surface area contributed by atoms with Crippen LogP contribution in [0.15, 0.2) is 18.2 Å². The van der Waals surface area contributed by atoms with Crippen molar-refractivity contribution in [3.8, 4) is 0 Å². The van der Waals surface area contributed by atoms with E-state index >= 15 is 0 Å². The summed E-state index contributed by atoms with van der Waals surface area (Å²) >= 11 is 6.57. The summed E-state index contributed by atoms with van der Waals surface area (Å²) in [5, 5.41) is 4.64. The van der Waals surface area contributed by atoms with Gasteiger partial charge in [-0.25, -0.2) is 0 Å². The first-order chi connectivity index (χ1) is 9.54. The van der Waals surface area contributed by atoms with Gasteiger partial charge in [-0.15, -0.1) is 0 Å². The molecule has 1 aromatic carbocycles. The van der Waals surface area contributed by atoms with Crippen molar-refractivity contribution in [3.05, 3.63) is 34.3 Å². The third-order valence-corrected chi connectivity index (χ3v) is 5.61. The molecule has 0 bridgehead atoms. The lowest BCUT2D eigenvalue weighted by atomic mass is 9.72. The van der Waals surface area contributed by atoms with Crippen LogP contribution in [0.2, 0.25) is 5.02 Å². The van der Waals surface area contributed by atoms with E-state index < -0.39 is 0 Å². The van der Waals surface area contributed by atoms with Gasteiger partial charge in [0.05, 0.1) is 0 Å². The van der Waals surface area contributed by atoms with Crippen LogP contribution in [0.5, 0.6) is 0 Å². The standard InChI is InChI=1S/C18H28ClN/c1-5-20-18(15-10-9-12(2)14(4)11-15)16-8-6-7-13(3)17(16)19/h6-8,12,14-15,18,20H,5,9-11H2,1-4H3. The average molecular weight is 294 g/mol. The Hall–Kier alpha value is -0.530. The molecule has 112 valence electrons. The fraction of sp³-hybridized carbons (Fsp3) is 0.667. The third-order valence-electron chi connectivity index (χ3n) is 5.09. The highest BCUT2D eigenvalue weighted by atomic mass is 35.5. The molecule has 1 fully saturated rings. The minimum atomic E-state index is 0.405. The van der Waals surface area contributed by atoms with E-state index in [9.17, 15) is 0 Å². The molecule has 2 rings (SSSR count). The zero-order valence-corrected chi connectivity index (χ0v) is 14.0. The fourth-order valence-electron chi connectivity index (χ4n) is 3.55. The lowest BCUT2D eigenvalue weighted by Gasteiger charge is -2.37. The van der Waals surface area contributed by atoms with Crippen molar-refractivity contribution in [2.45, 2.75) is 53.0 Å². The SMILES string of the molecule is CCNC(c1cccc(C)c1Cl)C1CCC(C)C(C)C1. The van der Waals surface area contributed by atoms with Gasteiger partial charge in [0.15, 0.2) is 0 Å². The second kappa shape index (κ2) is 6.95. The van der Waals surface area contributed by atoms with Crippen LogP contribution in [-0.2, 0) is 0 Å². The molecule has 0 saturated heterocycles. The Kier molecular flexibility index (Phi) is 5.51. The lowest BCUT2D eigenvalue weighted by molar-refractivity contribution is 0.172. The molecule has 0 heterocycles. The van der Waals surface area contributed by atoms with E-state index in [0.717, 1.165) is 23.4 Å². The van der Waals surface area contributed by atoms with Crippen LogP contribution in [0.4, 0.5) is 0 Å². The highest BCUT2D eigenvalue weighted by Crippen LogP contribution is 2.41. The van der Waals surface area contributed by atoms with Crippen molar-refractivity contribution in [1.82, 2.24) is 5.32 Å². The van der Waals surface area contributed by atoms with Gasteiger partial charge in [-0.2, -0.15) is 0 Å². The van der Waals surface area contributed by atoms with Crippen LogP contribution < -0.4 is 5.32 Å². The molecule has 20 heavy (non-hydrogen) atoms. The van der Waals surface area contributed by atoms with Gasteiger partial charge in [0.1, 0.15) is 0 Å². The number of rotatable bonds is 4. The van der Waals surface area contributed by atoms with Crippen LogP contribution in [-0.4, -0.2) is 6.54 Å². The van der Waals surface area contributed by atoms with Gasteiger partial charge in [0.25, 0.3) is 0 Å². The van der Waals surface area contributed by atoms with Gasteiger partial charge >= 0.3 is 0 Å².